The first kappa shape index (κ1) is 11.0. The zero-order chi connectivity index (χ0) is 12.1. The van der Waals surface area contributed by atoms with E-state index in [1.807, 2.05) is 0 Å². The molecule has 86 valence electrons. The van der Waals surface area contributed by atoms with Crippen molar-refractivity contribution >= 4 is 5.78 Å². The van der Waals surface area contributed by atoms with Gasteiger partial charge in [0, 0.05) is 5.56 Å². The lowest BCUT2D eigenvalue weighted by atomic mass is 9.81. The summed E-state index contributed by atoms with van der Waals surface area (Å²) in [6.45, 7) is 4.93. The van der Waals surface area contributed by atoms with Gasteiger partial charge in [0.1, 0.15) is 11.5 Å². The van der Waals surface area contributed by atoms with Gasteiger partial charge in [-0.3, -0.25) is 4.79 Å². The second-order valence-electron chi connectivity index (χ2n) is 4.58. The van der Waals surface area contributed by atoms with Crippen LogP contribution in [0, 0.1) is 0 Å². The summed E-state index contributed by atoms with van der Waals surface area (Å²) in [6.07, 6.45) is -0.998. The predicted octanol–water partition coefficient (Wildman–Crippen LogP) is 1.58. The van der Waals surface area contributed by atoms with E-state index in [0.29, 0.717) is 11.3 Å². The molecule has 4 heteroatoms. The van der Waals surface area contributed by atoms with Gasteiger partial charge in [-0.25, -0.2) is 0 Å². The van der Waals surface area contributed by atoms with Crippen molar-refractivity contribution in [2.24, 2.45) is 0 Å². The van der Waals surface area contributed by atoms with Crippen LogP contribution in [0.3, 0.4) is 0 Å². The number of fused-ring (bicyclic) bond motifs is 1. The summed E-state index contributed by atoms with van der Waals surface area (Å²) in [7, 11) is 0. The topological polar surface area (TPSA) is 66.8 Å². The molecule has 0 bridgehead atoms. The number of phenols is 1. The van der Waals surface area contributed by atoms with Crippen molar-refractivity contribution in [3.63, 3.8) is 0 Å². The van der Waals surface area contributed by atoms with Gasteiger partial charge in [-0.2, -0.15) is 0 Å². The number of benzene rings is 1. The zero-order valence-electron chi connectivity index (χ0n) is 9.44. The third kappa shape index (κ3) is 1.30. The number of hydrogen-bond donors (Lipinski definition) is 2. The molecule has 0 spiro atoms. The molecule has 2 N–H and O–H groups in total. The van der Waals surface area contributed by atoms with Crippen LogP contribution < -0.4 is 4.74 Å². The summed E-state index contributed by atoms with van der Waals surface area (Å²) in [5.74, 6) is 0.151. The number of aliphatic hydroxyl groups excluding tert-OH is 1. The minimum atomic E-state index is -0.998. The number of carbonyl (C=O) groups is 1. The van der Waals surface area contributed by atoms with Gasteiger partial charge in [0.2, 0.25) is 6.29 Å². The predicted molar refractivity (Wildman–Crippen MR) is 57.8 cm³/mol. The van der Waals surface area contributed by atoms with Crippen LogP contribution in [0.2, 0.25) is 0 Å². The SMILES string of the molecule is CC(=O)c1c(O)ccc2c1C(C)(C)C(O)O2. The first-order valence-electron chi connectivity index (χ1n) is 5.08. The van der Waals surface area contributed by atoms with E-state index >= 15 is 0 Å². The quantitative estimate of drug-likeness (QED) is 0.708. The highest BCUT2D eigenvalue weighted by Gasteiger charge is 2.43. The van der Waals surface area contributed by atoms with Gasteiger partial charge in [0.25, 0.3) is 0 Å². The van der Waals surface area contributed by atoms with Crippen molar-refractivity contribution in [2.75, 3.05) is 0 Å². The van der Waals surface area contributed by atoms with E-state index in [4.69, 9.17) is 4.74 Å². The normalized spacial score (nSPS) is 21.4. The maximum atomic E-state index is 11.5. The molecule has 0 saturated carbocycles. The number of rotatable bonds is 1. The molecule has 0 saturated heterocycles. The lowest BCUT2D eigenvalue weighted by Gasteiger charge is -2.22. The molecule has 4 nitrogen and oxygen atoms in total. The van der Waals surface area contributed by atoms with Gasteiger partial charge in [-0.15, -0.1) is 0 Å². The fraction of sp³-hybridized carbons (Fsp3) is 0.417. The van der Waals surface area contributed by atoms with Crippen molar-refractivity contribution in [1.82, 2.24) is 0 Å². The highest BCUT2D eigenvalue weighted by molar-refractivity contribution is 5.99. The van der Waals surface area contributed by atoms with Crippen molar-refractivity contribution in [1.29, 1.82) is 0 Å². The number of phenolic OH excluding ortho intramolecular Hbond substituents is 1. The summed E-state index contributed by atoms with van der Waals surface area (Å²) in [6, 6.07) is 2.97. The molecule has 1 aromatic carbocycles. The molecule has 0 radical (unpaired) electrons. The monoisotopic (exact) mass is 222 g/mol. The van der Waals surface area contributed by atoms with Gasteiger partial charge in [-0.05, 0) is 32.9 Å². The number of aliphatic hydroxyl groups is 1. The number of Topliss-reactive ketones (excluding diaryl/α,β-unsaturated/α-hetero) is 1. The number of ketones is 1. The van der Waals surface area contributed by atoms with E-state index in [0.717, 1.165) is 0 Å². The highest BCUT2D eigenvalue weighted by atomic mass is 16.6. The summed E-state index contributed by atoms with van der Waals surface area (Å²) >= 11 is 0. The van der Waals surface area contributed by atoms with Crippen LogP contribution in [-0.4, -0.2) is 22.3 Å². The fourth-order valence-corrected chi connectivity index (χ4v) is 2.06. The molecule has 1 aromatic rings. The van der Waals surface area contributed by atoms with Gasteiger partial charge in [0.05, 0.1) is 11.0 Å². The Labute approximate surface area is 93.5 Å². The van der Waals surface area contributed by atoms with Crippen molar-refractivity contribution in [3.05, 3.63) is 23.3 Å². The minimum Gasteiger partial charge on any atom is -0.507 e. The van der Waals surface area contributed by atoms with E-state index in [-0.39, 0.29) is 17.1 Å². The first-order chi connectivity index (χ1) is 7.35. The number of ether oxygens (including phenoxy) is 1. The molecule has 1 heterocycles. The lowest BCUT2D eigenvalue weighted by molar-refractivity contribution is -0.0450. The summed E-state index contributed by atoms with van der Waals surface area (Å²) in [4.78, 5) is 11.5. The van der Waals surface area contributed by atoms with Crippen LogP contribution in [-0.2, 0) is 5.41 Å². The van der Waals surface area contributed by atoms with Gasteiger partial charge in [-0.1, -0.05) is 0 Å². The number of aromatic hydroxyl groups is 1. The Kier molecular flexibility index (Phi) is 2.20. The third-order valence-electron chi connectivity index (χ3n) is 3.00. The van der Waals surface area contributed by atoms with Gasteiger partial charge < -0.3 is 14.9 Å². The second-order valence-corrected chi connectivity index (χ2v) is 4.58. The standard InChI is InChI=1S/C12H14O4/c1-6(13)9-7(14)4-5-8-10(9)12(2,3)11(15)16-8/h4-5,11,14-15H,1-3H3. The van der Waals surface area contributed by atoms with Crippen LogP contribution in [0.15, 0.2) is 12.1 Å². The Morgan fingerprint density at radius 3 is 2.62 bits per heavy atom. The lowest BCUT2D eigenvalue weighted by Crippen LogP contribution is -2.32. The smallest absolute Gasteiger partial charge is 0.206 e. The molecule has 0 fully saturated rings. The molecule has 16 heavy (non-hydrogen) atoms. The molecule has 0 aromatic heterocycles. The average molecular weight is 222 g/mol. The Morgan fingerprint density at radius 2 is 2.06 bits per heavy atom. The average Bonchev–Trinajstić information content (AvgIpc) is 2.39. The van der Waals surface area contributed by atoms with Crippen molar-refractivity contribution in [3.8, 4) is 11.5 Å². The molecule has 1 aliphatic rings. The van der Waals surface area contributed by atoms with Crippen LogP contribution in [0.4, 0.5) is 0 Å². The Morgan fingerprint density at radius 1 is 1.44 bits per heavy atom. The van der Waals surface area contributed by atoms with Gasteiger partial charge >= 0.3 is 0 Å². The molecular weight excluding hydrogens is 208 g/mol. The molecule has 2 rings (SSSR count). The first-order valence-corrected chi connectivity index (χ1v) is 5.08. The van der Waals surface area contributed by atoms with Crippen LogP contribution in [0.1, 0.15) is 36.7 Å². The molecule has 0 amide bonds. The van der Waals surface area contributed by atoms with E-state index < -0.39 is 11.7 Å². The highest BCUT2D eigenvalue weighted by Crippen LogP contribution is 2.46. The summed E-state index contributed by atoms with van der Waals surface area (Å²) < 4.78 is 5.26. The molecule has 1 atom stereocenters. The molecule has 0 aliphatic carbocycles. The van der Waals surface area contributed by atoms with E-state index in [1.54, 1.807) is 19.9 Å². The summed E-state index contributed by atoms with van der Waals surface area (Å²) in [5.41, 5.74) is 0.112. The molecular formula is C12H14O4. The van der Waals surface area contributed by atoms with E-state index in [1.165, 1.54) is 13.0 Å². The van der Waals surface area contributed by atoms with E-state index in [9.17, 15) is 15.0 Å². The van der Waals surface area contributed by atoms with Crippen molar-refractivity contribution in [2.45, 2.75) is 32.5 Å². The zero-order valence-corrected chi connectivity index (χ0v) is 9.44. The Hall–Kier alpha value is -1.55. The van der Waals surface area contributed by atoms with Crippen LogP contribution in [0.25, 0.3) is 0 Å². The Bertz CT molecular complexity index is 462. The van der Waals surface area contributed by atoms with Crippen molar-refractivity contribution < 1.29 is 19.7 Å². The number of carbonyl (C=O) groups excluding carboxylic acids is 1. The Balaban J connectivity index is 2.75. The third-order valence-corrected chi connectivity index (χ3v) is 3.00. The largest absolute Gasteiger partial charge is 0.507 e. The van der Waals surface area contributed by atoms with Gasteiger partial charge in [0.15, 0.2) is 5.78 Å². The minimum absolute atomic E-state index is 0.0722. The van der Waals surface area contributed by atoms with E-state index in [2.05, 4.69) is 0 Å². The second kappa shape index (κ2) is 3.22. The molecule has 1 aliphatic heterocycles. The maximum absolute atomic E-state index is 11.5. The molecule has 1 unspecified atom stereocenters. The summed E-state index contributed by atoms with van der Waals surface area (Å²) in [5, 5.41) is 19.5. The fourth-order valence-electron chi connectivity index (χ4n) is 2.06. The number of hydrogen-bond acceptors (Lipinski definition) is 4. The van der Waals surface area contributed by atoms with Crippen LogP contribution in [0.5, 0.6) is 11.5 Å². The maximum Gasteiger partial charge on any atom is 0.206 e. The van der Waals surface area contributed by atoms with Crippen LogP contribution >= 0.6 is 0 Å².